The first-order valence-corrected chi connectivity index (χ1v) is 10.1. The van der Waals surface area contributed by atoms with Gasteiger partial charge >= 0.3 is 0 Å². The number of carbonyl (C=O) groups is 2. The van der Waals surface area contributed by atoms with Gasteiger partial charge in [0.1, 0.15) is 11.5 Å². The highest BCUT2D eigenvalue weighted by atomic mass is 19.1. The van der Waals surface area contributed by atoms with Gasteiger partial charge in [0.05, 0.1) is 17.8 Å². The smallest absolute Gasteiger partial charge is 0.228 e. The first kappa shape index (κ1) is 20.1. The molecule has 1 aliphatic rings. The number of imidazole rings is 1. The van der Waals surface area contributed by atoms with Crippen LogP contribution in [0.15, 0.2) is 36.5 Å². The van der Waals surface area contributed by atoms with Gasteiger partial charge in [0.2, 0.25) is 11.8 Å². The Hall–Kier alpha value is -3.22. The van der Waals surface area contributed by atoms with Crippen molar-refractivity contribution in [2.45, 2.75) is 27.2 Å². The van der Waals surface area contributed by atoms with Crippen LogP contribution in [-0.2, 0) is 16.0 Å². The van der Waals surface area contributed by atoms with Crippen LogP contribution in [0.5, 0.6) is 0 Å². The predicted molar refractivity (Wildman–Crippen MR) is 113 cm³/mol. The van der Waals surface area contributed by atoms with E-state index in [1.54, 1.807) is 35.8 Å². The van der Waals surface area contributed by atoms with Crippen LogP contribution in [0.3, 0.4) is 0 Å². The lowest BCUT2D eigenvalue weighted by Crippen LogP contribution is -2.50. The number of benzene rings is 1. The Morgan fingerprint density at radius 2 is 1.73 bits per heavy atom. The fourth-order valence-electron chi connectivity index (χ4n) is 3.92. The highest BCUT2D eigenvalue weighted by molar-refractivity contribution is 5.82. The molecule has 0 unspecified atom stereocenters. The third-order valence-electron chi connectivity index (χ3n) is 5.69. The molecule has 6 nitrogen and oxygen atoms in total. The van der Waals surface area contributed by atoms with Gasteiger partial charge in [-0.05, 0) is 49.2 Å². The fourth-order valence-corrected chi connectivity index (χ4v) is 3.92. The Morgan fingerprint density at radius 1 is 1.03 bits per heavy atom. The maximum atomic E-state index is 13.8. The van der Waals surface area contributed by atoms with Gasteiger partial charge in [-0.25, -0.2) is 9.37 Å². The second-order valence-corrected chi connectivity index (χ2v) is 7.87. The first-order valence-electron chi connectivity index (χ1n) is 10.1. The molecule has 156 valence electrons. The van der Waals surface area contributed by atoms with E-state index in [2.05, 4.69) is 0 Å². The molecule has 3 heterocycles. The summed E-state index contributed by atoms with van der Waals surface area (Å²) in [4.78, 5) is 32.9. The molecule has 0 N–H and O–H groups in total. The van der Waals surface area contributed by atoms with E-state index < -0.39 is 0 Å². The number of halogens is 1. The van der Waals surface area contributed by atoms with Gasteiger partial charge in [-0.3, -0.25) is 9.59 Å². The molecule has 30 heavy (non-hydrogen) atoms. The molecule has 0 aliphatic carbocycles. The molecule has 0 radical (unpaired) electrons. The molecule has 0 atom stereocenters. The molecule has 0 bridgehead atoms. The molecule has 1 saturated heterocycles. The van der Waals surface area contributed by atoms with Crippen LogP contribution in [0.25, 0.3) is 16.9 Å². The summed E-state index contributed by atoms with van der Waals surface area (Å²) in [5.74, 6) is -0.228. The summed E-state index contributed by atoms with van der Waals surface area (Å²) >= 11 is 0. The summed E-state index contributed by atoms with van der Waals surface area (Å²) in [6.07, 6.45) is 2.16. The minimum Gasteiger partial charge on any atom is -0.339 e. The molecule has 7 heteroatoms. The average molecular weight is 408 g/mol. The summed E-state index contributed by atoms with van der Waals surface area (Å²) in [5.41, 5.74) is 4.63. The van der Waals surface area contributed by atoms with Gasteiger partial charge in [-0.2, -0.15) is 0 Å². The van der Waals surface area contributed by atoms with E-state index in [1.807, 2.05) is 29.7 Å². The van der Waals surface area contributed by atoms with E-state index in [9.17, 15) is 14.0 Å². The normalized spacial score (nSPS) is 14.4. The van der Waals surface area contributed by atoms with Gasteiger partial charge < -0.3 is 14.2 Å². The summed E-state index contributed by atoms with van der Waals surface area (Å²) in [6.45, 7) is 7.42. The zero-order valence-electron chi connectivity index (χ0n) is 17.5. The third-order valence-corrected chi connectivity index (χ3v) is 5.69. The number of aromatic nitrogens is 2. The van der Waals surface area contributed by atoms with Gasteiger partial charge in [0.25, 0.3) is 0 Å². The van der Waals surface area contributed by atoms with E-state index in [4.69, 9.17) is 4.98 Å². The standard InChI is InChI=1S/C23H25FN4O2/c1-15-4-7-21-25-23(18-5-6-19(24)16(2)12-18)20(28(21)14-15)13-22(30)27-10-8-26(9-11-27)17(3)29/h4-7,12,14H,8-11,13H2,1-3H3. The zero-order chi connectivity index (χ0) is 21.4. The average Bonchev–Trinajstić information content (AvgIpc) is 3.07. The van der Waals surface area contributed by atoms with Crippen molar-refractivity contribution in [2.75, 3.05) is 26.2 Å². The Bertz CT molecular complexity index is 1130. The molecular weight excluding hydrogens is 383 g/mol. The molecule has 1 aliphatic heterocycles. The zero-order valence-corrected chi connectivity index (χ0v) is 17.5. The molecule has 1 aromatic carbocycles. The molecule has 0 saturated carbocycles. The topological polar surface area (TPSA) is 57.9 Å². The molecule has 4 rings (SSSR count). The molecule has 1 fully saturated rings. The van der Waals surface area contributed by atoms with E-state index in [0.29, 0.717) is 37.4 Å². The van der Waals surface area contributed by atoms with Crippen molar-refractivity contribution >= 4 is 17.5 Å². The van der Waals surface area contributed by atoms with E-state index >= 15 is 0 Å². The fraction of sp³-hybridized carbons (Fsp3) is 0.348. The molecular formula is C23H25FN4O2. The monoisotopic (exact) mass is 408 g/mol. The number of rotatable bonds is 3. The molecule has 2 amide bonds. The lowest BCUT2D eigenvalue weighted by molar-refractivity contribution is -0.138. The van der Waals surface area contributed by atoms with Crippen molar-refractivity contribution in [2.24, 2.45) is 0 Å². The number of fused-ring (bicyclic) bond motifs is 1. The Labute approximate surface area is 174 Å². The van der Waals surface area contributed by atoms with E-state index in [1.165, 1.54) is 6.07 Å². The Morgan fingerprint density at radius 3 is 2.40 bits per heavy atom. The van der Waals surface area contributed by atoms with Crippen LogP contribution >= 0.6 is 0 Å². The van der Waals surface area contributed by atoms with Gasteiger partial charge in [0, 0.05) is 44.9 Å². The summed E-state index contributed by atoms with van der Waals surface area (Å²) in [7, 11) is 0. The molecule has 0 spiro atoms. The maximum absolute atomic E-state index is 13.8. The van der Waals surface area contributed by atoms with Crippen LogP contribution in [0.4, 0.5) is 4.39 Å². The minimum atomic E-state index is -0.265. The molecule has 2 aromatic heterocycles. The molecule has 3 aromatic rings. The minimum absolute atomic E-state index is 0.00147. The van der Waals surface area contributed by atoms with Gasteiger partial charge in [0.15, 0.2) is 0 Å². The number of carbonyl (C=O) groups excluding carboxylic acids is 2. The third kappa shape index (κ3) is 3.79. The van der Waals surface area contributed by atoms with Crippen LogP contribution in [-0.4, -0.2) is 57.2 Å². The van der Waals surface area contributed by atoms with Gasteiger partial charge in [-0.15, -0.1) is 0 Å². The number of aryl methyl sites for hydroxylation is 2. The van der Waals surface area contributed by atoms with Crippen molar-refractivity contribution in [3.8, 4) is 11.3 Å². The van der Waals surface area contributed by atoms with E-state index in [0.717, 1.165) is 22.5 Å². The van der Waals surface area contributed by atoms with Crippen LogP contribution in [0.2, 0.25) is 0 Å². The quantitative estimate of drug-likeness (QED) is 0.670. The van der Waals surface area contributed by atoms with Crippen molar-refractivity contribution in [1.82, 2.24) is 19.2 Å². The van der Waals surface area contributed by atoms with Crippen molar-refractivity contribution in [3.05, 3.63) is 59.2 Å². The number of hydrogen-bond acceptors (Lipinski definition) is 3. The van der Waals surface area contributed by atoms with Crippen molar-refractivity contribution in [1.29, 1.82) is 0 Å². The Balaban J connectivity index is 1.68. The SMILES string of the molecule is CC(=O)N1CCN(C(=O)Cc2c(-c3ccc(F)c(C)c3)nc3ccc(C)cn23)CC1. The number of nitrogens with zero attached hydrogens (tertiary/aromatic N) is 4. The highest BCUT2D eigenvalue weighted by Gasteiger charge is 2.25. The first-order chi connectivity index (χ1) is 14.3. The van der Waals surface area contributed by atoms with Crippen LogP contribution < -0.4 is 0 Å². The number of amides is 2. The Kier molecular flexibility index (Phi) is 5.28. The predicted octanol–water partition coefficient (Wildman–Crippen LogP) is 2.99. The lowest BCUT2D eigenvalue weighted by Gasteiger charge is -2.34. The maximum Gasteiger partial charge on any atom is 0.228 e. The second-order valence-electron chi connectivity index (χ2n) is 7.87. The summed E-state index contributed by atoms with van der Waals surface area (Å²) < 4.78 is 15.8. The number of piperazine rings is 1. The summed E-state index contributed by atoms with van der Waals surface area (Å²) in [6, 6.07) is 8.82. The lowest BCUT2D eigenvalue weighted by atomic mass is 10.1. The van der Waals surface area contributed by atoms with Gasteiger partial charge in [-0.1, -0.05) is 6.07 Å². The number of pyridine rings is 1. The van der Waals surface area contributed by atoms with Crippen LogP contribution in [0.1, 0.15) is 23.7 Å². The number of hydrogen-bond donors (Lipinski definition) is 0. The summed E-state index contributed by atoms with van der Waals surface area (Å²) in [5, 5.41) is 0. The van der Waals surface area contributed by atoms with Crippen molar-refractivity contribution in [3.63, 3.8) is 0 Å². The second kappa shape index (κ2) is 7.89. The highest BCUT2D eigenvalue weighted by Crippen LogP contribution is 2.27. The largest absolute Gasteiger partial charge is 0.339 e. The van der Waals surface area contributed by atoms with Crippen molar-refractivity contribution < 1.29 is 14.0 Å². The van der Waals surface area contributed by atoms with E-state index in [-0.39, 0.29) is 24.1 Å². The van der Waals surface area contributed by atoms with Crippen LogP contribution in [0, 0.1) is 19.7 Å².